The maximum atomic E-state index is 12.2. The lowest BCUT2D eigenvalue weighted by Gasteiger charge is -2.34. The summed E-state index contributed by atoms with van der Waals surface area (Å²) >= 11 is 1.76. The number of amides is 1. The van der Waals surface area contributed by atoms with E-state index in [4.69, 9.17) is 5.26 Å². The molecule has 2 atom stereocenters. The fourth-order valence-corrected chi connectivity index (χ4v) is 3.29. The quantitative estimate of drug-likeness (QED) is 0.807. The summed E-state index contributed by atoms with van der Waals surface area (Å²) in [6.45, 7) is 4.68. The zero-order valence-corrected chi connectivity index (χ0v) is 11.0. The van der Waals surface area contributed by atoms with Crippen LogP contribution in [0.25, 0.3) is 0 Å². The van der Waals surface area contributed by atoms with E-state index in [0.29, 0.717) is 6.42 Å². The van der Waals surface area contributed by atoms with Crippen LogP contribution in [0.3, 0.4) is 0 Å². The molecule has 0 bridgehead atoms. The van der Waals surface area contributed by atoms with Crippen molar-refractivity contribution in [1.82, 2.24) is 4.90 Å². The molecule has 0 N–H and O–H groups in total. The number of carbonyl (C=O) groups excluding carboxylic acids is 1. The van der Waals surface area contributed by atoms with Crippen LogP contribution in [0.1, 0.15) is 36.8 Å². The molecule has 1 aromatic rings. The third-order valence-electron chi connectivity index (χ3n) is 3.42. The van der Waals surface area contributed by atoms with E-state index in [2.05, 4.69) is 17.5 Å². The highest BCUT2D eigenvalue weighted by atomic mass is 32.1. The minimum Gasteiger partial charge on any atom is -0.334 e. The summed E-state index contributed by atoms with van der Waals surface area (Å²) in [6.07, 6.45) is 1.51. The first-order chi connectivity index (χ1) is 8.19. The zero-order valence-electron chi connectivity index (χ0n) is 10.1. The fraction of sp³-hybridized carbons (Fsp3) is 0.538. The summed E-state index contributed by atoms with van der Waals surface area (Å²) < 4.78 is 0. The van der Waals surface area contributed by atoms with E-state index in [1.165, 1.54) is 10.4 Å². The molecular formula is C13H16N2OS. The van der Waals surface area contributed by atoms with E-state index in [0.717, 1.165) is 13.0 Å². The van der Waals surface area contributed by atoms with Gasteiger partial charge in [-0.3, -0.25) is 4.79 Å². The van der Waals surface area contributed by atoms with Crippen LogP contribution in [-0.4, -0.2) is 17.4 Å². The molecule has 90 valence electrons. The lowest BCUT2D eigenvalue weighted by molar-refractivity contribution is -0.136. The number of thiophene rings is 1. The van der Waals surface area contributed by atoms with Gasteiger partial charge in [0.25, 0.3) is 0 Å². The summed E-state index contributed by atoms with van der Waals surface area (Å²) in [5.74, 6) is -0.503. The van der Waals surface area contributed by atoms with Crippen molar-refractivity contribution in [1.29, 1.82) is 5.26 Å². The monoisotopic (exact) mass is 248 g/mol. The zero-order chi connectivity index (χ0) is 12.4. The molecule has 1 amide bonds. The SMILES string of the molecule is CCC(C#N)C(=O)N1CCc2sccc2C1C. The Labute approximate surface area is 106 Å². The molecule has 0 fully saturated rings. The van der Waals surface area contributed by atoms with E-state index >= 15 is 0 Å². The smallest absolute Gasteiger partial charge is 0.240 e. The largest absolute Gasteiger partial charge is 0.334 e. The van der Waals surface area contributed by atoms with Gasteiger partial charge in [-0.15, -0.1) is 11.3 Å². The van der Waals surface area contributed by atoms with E-state index in [1.54, 1.807) is 11.3 Å². The third-order valence-corrected chi connectivity index (χ3v) is 4.42. The Morgan fingerprint density at radius 3 is 3.18 bits per heavy atom. The maximum Gasteiger partial charge on any atom is 0.240 e. The minimum atomic E-state index is -0.488. The van der Waals surface area contributed by atoms with E-state index in [1.807, 2.05) is 18.7 Å². The molecule has 0 aliphatic carbocycles. The number of hydrogen-bond donors (Lipinski definition) is 0. The predicted octanol–water partition coefficient (Wildman–Crippen LogP) is 2.74. The predicted molar refractivity (Wildman–Crippen MR) is 67.5 cm³/mol. The van der Waals surface area contributed by atoms with Gasteiger partial charge in [0.05, 0.1) is 12.1 Å². The number of nitriles is 1. The van der Waals surface area contributed by atoms with Crippen molar-refractivity contribution in [3.63, 3.8) is 0 Å². The van der Waals surface area contributed by atoms with Crippen LogP contribution in [0.4, 0.5) is 0 Å². The number of carbonyl (C=O) groups is 1. The van der Waals surface area contributed by atoms with Gasteiger partial charge in [0, 0.05) is 11.4 Å². The Hall–Kier alpha value is -1.34. The highest BCUT2D eigenvalue weighted by Crippen LogP contribution is 2.33. The summed E-state index contributed by atoms with van der Waals surface area (Å²) in [5, 5.41) is 11.1. The standard InChI is InChI=1S/C13H16N2OS/c1-3-10(8-14)13(16)15-6-4-12-11(9(15)2)5-7-17-12/h5,7,9-10H,3-4,6H2,1-2H3. The van der Waals surface area contributed by atoms with Gasteiger partial charge in [-0.1, -0.05) is 6.92 Å². The normalized spacial score (nSPS) is 20.5. The van der Waals surface area contributed by atoms with E-state index < -0.39 is 5.92 Å². The summed E-state index contributed by atoms with van der Waals surface area (Å²) in [6, 6.07) is 4.30. The van der Waals surface area contributed by atoms with Gasteiger partial charge >= 0.3 is 0 Å². The third kappa shape index (κ3) is 2.07. The molecule has 4 heteroatoms. The van der Waals surface area contributed by atoms with Gasteiger partial charge in [-0.05, 0) is 36.8 Å². The lowest BCUT2D eigenvalue weighted by atomic mass is 9.98. The van der Waals surface area contributed by atoms with Crippen LogP contribution in [-0.2, 0) is 11.2 Å². The topological polar surface area (TPSA) is 44.1 Å². The van der Waals surface area contributed by atoms with Gasteiger partial charge in [-0.25, -0.2) is 0 Å². The minimum absolute atomic E-state index is 0.0145. The van der Waals surface area contributed by atoms with Crippen molar-refractivity contribution in [2.75, 3.05) is 6.54 Å². The van der Waals surface area contributed by atoms with Crippen molar-refractivity contribution in [2.24, 2.45) is 5.92 Å². The Bertz CT molecular complexity index is 460. The summed E-state index contributed by atoms with van der Waals surface area (Å²) in [7, 11) is 0. The van der Waals surface area contributed by atoms with Crippen LogP contribution < -0.4 is 0 Å². The molecule has 0 radical (unpaired) electrons. The molecule has 0 aromatic carbocycles. The molecule has 1 aliphatic heterocycles. The van der Waals surface area contributed by atoms with Gasteiger partial charge in [0.1, 0.15) is 5.92 Å². The summed E-state index contributed by atoms with van der Waals surface area (Å²) in [5.41, 5.74) is 1.25. The molecule has 0 spiro atoms. The molecule has 17 heavy (non-hydrogen) atoms. The van der Waals surface area contributed by atoms with Crippen molar-refractivity contribution >= 4 is 17.2 Å². The number of nitrogens with zero attached hydrogens (tertiary/aromatic N) is 2. The Morgan fingerprint density at radius 1 is 1.76 bits per heavy atom. The molecule has 2 rings (SSSR count). The van der Waals surface area contributed by atoms with Gasteiger partial charge in [0.2, 0.25) is 5.91 Å². The first-order valence-corrected chi connectivity index (χ1v) is 6.83. The molecule has 1 aliphatic rings. The van der Waals surface area contributed by atoms with Crippen molar-refractivity contribution in [3.8, 4) is 6.07 Å². The summed E-state index contributed by atoms with van der Waals surface area (Å²) in [4.78, 5) is 15.4. The Balaban J connectivity index is 2.20. The Morgan fingerprint density at radius 2 is 2.53 bits per heavy atom. The molecule has 2 heterocycles. The average molecular weight is 248 g/mol. The highest BCUT2D eigenvalue weighted by molar-refractivity contribution is 7.10. The van der Waals surface area contributed by atoms with Crippen molar-refractivity contribution < 1.29 is 4.79 Å². The second-order valence-corrected chi connectivity index (χ2v) is 5.35. The van der Waals surface area contributed by atoms with Crippen LogP contribution in [0.2, 0.25) is 0 Å². The molecule has 0 saturated heterocycles. The Kier molecular flexibility index (Phi) is 3.49. The lowest BCUT2D eigenvalue weighted by Crippen LogP contribution is -2.41. The average Bonchev–Trinajstić information content (AvgIpc) is 2.80. The van der Waals surface area contributed by atoms with Gasteiger partial charge in [-0.2, -0.15) is 5.26 Å². The van der Waals surface area contributed by atoms with Crippen LogP contribution in [0, 0.1) is 17.2 Å². The van der Waals surface area contributed by atoms with Crippen molar-refractivity contribution in [2.45, 2.75) is 32.7 Å². The van der Waals surface area contributed by atoms with Crippen LogP contribution in [0.5, 0.6) is 0 Å². The van der Waals surface area contributed by atoms with Crippen molar-refractivity contribution in [3.05, 3.63) is 21.9 Å². The molecule has 3 nitrogen and oxygen atoms in total. The maximum absolute atomic E-state index is 12.2. The van der Waals surface area contributed by atoms with Crippen LogP contribution >= 0.6 is 11.3 Å². The molecule has 0 saturated carbocycles. The molecular weight excluding hydrogens is 232 g/mol. The number of fused-ring (bicyclic) bond motifs is 1. The van der Waals surface area contributed by atoms with Gasteiger partial charge < -0.3 is 4.90 Å². The molecule has 2 unspecified atom stereocenters. The highest BCUT2D eigenvalue weighted by Gasteiger charge is 2.31. The van der Waals surface area contributed by atoms with E-state index in [9.17, 15) is 4.79 Å². The number of hydrogen-bond acceptors (Lipinski definition) is 3. The fourth-order valence-electron chi connectivity index (χ4n) is 2.33. The van der Waals surface area contributed by atoms with Crippen LogP contribution in [0.15, 0.2) is 11.4 Å². The van der Waals surface area contributed by atoms with Gasteiger partial charge in [0.15, 0.2) is 0 Å². The molecule has 1 aromatic heterocycles. The second kappa shape index (κ2) is 4.89. The van der Waals surface area contributed by atoms with E-state index in [-0.39, 0.29) is 11.9 Å². The number of rotatable bonds is 2. The first kappa shape index (κ1) is 12.1. The first-order valence-electron chi connectivity index (χ1n) is 5.95. The second-order valence-electron chi connectivity index (χ2n) is 4.35.